The van der Waals surface area contributed by atoms with Crippen molar-refractivity contribution in [3.8, 4) is 11.4 Å². The van der Waals surface area contributed by atoms with Crippen LogP contribution in [0.15, 0.2) is 36.5 Å². The fourth-order valence-electron chi connectivity index (χ4n) is 4.35. The number of rotatable bonds is 4. The molecule has 2 fully saturated rings. The van der Waals surface area contributed by atoms with Crippen LogP contribution in [0.4, 0.5) is 5.82 Å². The Morgan fingerprint density at radius 3 is 2.67 bits per heavy atom. The Morgan fingerprint density at radius 1 is 1.13 bits per heavy atom. The number of anilines is 1. The van der Waals surface area contributed by atoms with Crippen LogP contribution in [0.1, 0.15) is 12.8 Å². The summed E-state index contributed by atoms with van der Waals surface area (Å²) in [5, 5.41) is 11.6. The summed E-state index contributed by atoms with van der Waals surface area (Å²) in [7, 11) is 0. The number of aromatic nitrogens is 3. The molecule has 0 spiro atoms. The van der Waals surface area contributed by atoms with E-state index in [-0.39, 0.29) is 0 Å². The normalized spacial score (nSPS) is 20.0. The van der Waals surface area contributed by atoms with Crippen LogP contribution in [0.25, 0.3) is 22.4 Å². The van der Waals surface area contributed by atoms with Crippen LogP contribution in [0.5, 0.6) is 0 Å². The summed E-state index contributed by atoms with van der Waals surface area (Å²) in [5.74, 6) is 1.61. The number of para-hydroxylation sites is 2. The number of benzene rings is 1. The number of fused-ring (bicyclic) bond motifs is 1. The fourth-order valence-corrected chi connectivity index (χ4v) is 4.54. The summed E-state index contributed by atoms with van der Waals surface area (Å²) in [6.45, 7) is 5.52. The van der Waals surface area contributed by atoms with Crippen LogP contribution in [0, 0.1) is 0 Å². The minimum absolute atomic E-state index is 0.568. The van der Waals surface area contributed by atoms with Gasteiger partial charge in [0.2, 0.25) is 0 Å². The smallest absolute Gasteiger partial charge is 0.140 e. The molecule has 0 radical (unpaired) electrons. The summed E-state index contributed by atoms with van der Waals surface area (Å²) in [4.78, 5) is 17.1. The van der Waals surface area contributed by atoms with Gasteiger partial charge in [0.25, 0.3) is 0 Å². The maximum Gasteiger partial charge on any atom is 0.140 e. The van der Waals surface area contributed by atoms with E-state index in [1.807, 2.05) is 30.3 Å². The standard InChI is InChI=1S/C22H26ClN5O2/c23-17-14-24-20(13-16(17)21-25-18-3-1-2-4-19(18)26-21)28-7-5-22(29,6-8-28)15-27-9-11-30-12-10-27/h1-4,13-14,29H,5-12,15H2,(H,25,26). The number of hydrogen-bond donors (Lipinski definition) is 2. The van der Waals surface area contributed by atoms with Gasteiger partial charge in [-0.05, 0) is 31.0 Å². The summed E-state index contributed by atoms with van der Waals surface area (Å²) in [6.07, 6.45) is 3.12. The van der Waals surface area contributed by atoms with Gasteiger partial charge in [0.15, 0.2) is 0 Å². The van der Waals surface area contributed by atoms with Crippen LogP contribution in [0.3, 0.4) is 0 Å². The number of aliphatic hydroxyl groups is 1. The zero-order valence-electron chi connectivity index (χ0n) is 16.9. The first-order valence-electron chi connectivity index (χ1n) is 10.5. The van der Waals surface area contributed by atoms with Gasteiger partial charge in [-0.2, -0.15) is 0 Å². The molecule has 4 heterocycles. The van der Waals surface area contributed by atoms with Crippen molar-refractivity contribution in [2.45, 2.75) is 18.4 Å². The number of aromatic amines is 1. The molecule has 2 aliphatic rings. The molecule has 0 aliphatic carbocycles. The third kappa shape index (κ3) is 4.03. The van der Waals surface area contributed by atoms with Crippen molar-refractivity contribution in [3.05, 3.63) is 41.6 Å². The molecule has 3 aromatic rings. The zero-order chi connectivity index (χ0) is 20.6. The number of piperidine rings is 1. The molecule has 2 aliphatic heterocycles. The molecule has 1 aromatic carbocycles. The zero-order valence-corrected chi connectivity index (χ0v) is 17.6. The lowest BCUT2D eigenvalue weighted by molar-refractivity contribution is -0.0441. The SMILES string of the molecule is OC1(CN2CCOCC2)CCN(c2cc(-c3nc4ccccc4[nH]3)c(Cl)cn2)CC1. The van der Waals surface area contributed by atoms with E-state index in [4.69, 9.17) is 16.3 Å². The predicted molar refractivity (Wildman–Crippen MR) is 118 cm³/mol. The third-order valence-electron chi connectivity index (χ3n) is 6.13. The van der Waals surface area contributed by atoms with Crippen molar-refractivity contribution in [2.75, 3.05) is 50.8 Å². The largest absolute Gasteiger partial charge is 0.388 e. The molecule has 2 N–H and O–H groups in total. The van der Waals surface area contributed by atoms with Crippen LogP contribution in [-0.4, -0.2) is 76.5 Å². The maximum absolute atomic E-state index is 11.1. The third-order valence-corrected chi connectivity index (χ3v) is 6.43. The van der Waals surface area contributed by atoms with Crippen molar-refractivity contribution < 1.29 is 9.84 Å². The number of nitrogens with one attached hydrogen (secondary N) is 1. The van der Waals surface area contributed by atoms with Crippen molar-refractivity contribution in [1.29, 1.82) is 0 Å². The molecule has 8 heteroatoms. The number of β-amino-alcohol motifs (C(OH)–C–C–N with tert-alkyl or cyclic N) is 1. The molecule has 0 unspecified atom stereocenters. The Morgan fingerprint density at radius 2 is 1.90 bits per heavy atom. The first-order chi connectivity index (χ1) is 14.6. The highest BCUT2D eigenvalue weighted by Crippen LogP contribution is 2.32. The highest BCUT2D eigenvalue weighted by Gasteiger charge is 2.35. The number of morpholine rings is 1. The molecule has 7 nitrogen and oxygen atoms in total. The predicted octanol–water partition coefficient (Wildman–Crippen LogP) is 2.94. The van der Waals surface area contributed by atoms with E-state index in [2.05, 4.69) is 24.8 Å². The molecule has 2 saturated heterocycles. The van der Waals surface area contributed by atoms with E-state index in [9.17, 15) is 5.11 Å². The van der Waals surface area contributed by atoms with Gasteiger partial charge in [-0.3, -0.25) is 4.90 Å². The van der Waals surface area contributed by atoms with Crippen LogP contribution in [-0.2, 0) is 4.74 Å². The average molecular weight is 428 g/mol. The molecule has 0 atom stereocenters. The molecule has 30 heavy (non-hydrogen) atoms. The van der Waals surface area contributed by atoms with Gasteiger partial charge >= 0.3 is 0 Å². The van der Waals surface area contributed by atoms with Crippen LogP contribution in [0.2, 0.25) is 5.02 Å². The Labute approximate surface area is 180 Å². The minimum Gasteiger partial charge on any atom is -0.388 e. The van der Waals surface area contributed by atoms with Crippen molar-refractivity contribution in [1.82, 2.24) is 19.9 Å². The average Bonchev–Trinajstić information content (AvgIpc) is 3.19. The van der Waals surface area contributed by atoms with E-state index in [1.165, 1.54) is 0 Å². The summed E-state index contributed by atoms with van der Waals surface area (Å²) >= 11 is 6.45. The molecule has 2 aromatic heterocycles. The molecule has 158 valence electrons. The minimum atomic E-state index is -0.651. The Bertz CT molecular complexity index is 992. The summed E-state index contributed by atoms with van der Waals surface area (Å²) in [6, 6.07) is 9.92. The number of imidazole rings is 1. The monoisotopic (exact) mass is 427 g/mol. The van der Waals surface area contributed by atoms with Gasteiger partial charge < -0.3 is 19.7 Å². The Balaban J connectivity index is 1.31. The highest BCUT2D eigenvalue weighted by molar-refractivity contribution is 6.33. The topological polar surface area (TPSA) is 77.5 Å². The summed E-state index contributed by atoms with van der Waals surface area (Å²) < 4.78 is 5.41. The highest BCUT2D eigenvalue weighted by atomic mass is 35.5. The van der Waals surface area contributed by atoms with E-state index in [1.54, 1.807) is 6.20 Å². The van der Waals surface area contributed by atoms with Gasteiger partial charge in [-0.15, -0.1) is 0 Å². The molecule has 0 bridgehead atoms. The lowest BCUT2D eigenvalue weighted by atomic mass is 9.90. The fraction of sp³-hybridized carbons (Fsp3) is 0.455. The van der Waals surface area contributed by atoms with Gasteiger partial charge in [0, 0.05) is 44.5 Å². The Hall–Kier alpha value is -2.19. The summed E-state index contributed by atoms with van der Waals surface area (Å²) in [5.41, 5.74) is 2.08. The van der Waals surface area contributed by atoms with Crippen molar-refractivity contribution in [2.24, 2.45) is 0 Å². The van der Waals surface area contributed by atoms with Crippen LogP contribution < -0.4 is 4.90 Å². The van der Waals surface area contributed by atoms with E-state index in [0.29, 0.717) is 24.4 Å². The second-order valence-corrected chi connectivity index (χ2v) is 8.63. The molecule has 0 saturated carbocycles. The number of pyridine rings is 1. The number of nitrogens with zero attached hydrogens (tertiary/aromatic N) is 4. The second-order valence-electron chi connectivity index (χ2n) is 8.22. The van der Waals surface area contributed by atoms with Gasteiger partial charge in [-0.1, -0.05) is 23.7 Å². The lowest BCUT2D eigenvalue weighted by Gasteiger charge is -2.42. The Kier molecular flexibility index (Phi) is 5.37. The van der Waals surface area contributed by atoms with Crippen LogP contribution >= 0.6 is 11.6 Å². The molecular weight excluding hydrogens is 402 g/mol. The number of H-pyrrole nitrogens is 1. The van der Waals surface area contributed by atoms with E-state index in [0.717, 1.165) is 67.6 Å². The van der Waals surface area contributed by atoms with Gasteiger partial charge in [-0.25, -0.2) is 9.97 Å². The first-order valence-corrected chi connectivity index (χ1v) is 10.9. The van der Waals surface area contributed by atoms with E-state index >= 15 is 0 Å². The second kappa shape index (κ2) is 8.15. The quantitative estimate of drug-likeness (QED) is 0.666. The number of halogens is 1. The lowest BCUT2D eigenvalue weighted by Crippen LogP contribution is -2.53. The first kappa shape index (κ1) is 19.8. The van der Waals surface area contributed by atoms with Crippen molar-refractivity contribution >= 4 is 28.5 Å². The molecule has 5 rings (SSSR count). The van der Waals surface area contributed by atoms with E-state index < -0.39 is 5.60 Å². The number of ether oxygens (including phenoxy) is 1. The molecular formula is C22H26ClN5O2. The molecule has 0 amide bonds. The van der Waals surface area contributed by atoms with Gasteiger partial charge in [0.1, 0.15) is 11.6 Å². The van der Waals surface area contributed by atoms with Crippen molar-refractivity contribution in [3.63, 3.8) is 0 Å². The maximum atomic E-state index is 11.1. The van der Waals surface area contributed by atoms with Gasteiger partial charge in [0.05, 0.1) is 34.9 Å². The number of hydrogen-bond acceptors (Lipinski definition) is 6.